The molecule has 84 valence electrons. The first-order chi connectivity index (χ1) is 6.45. The molecule has 0 aliphatic rings. The molecule has 5 heteroatoms. The van der Waals surface area contributed by atoms with Crippen LogP contribution in [0.15, 0.2) is 12.2 Å². The second kappa shape index (κ2) is 10.2. The first-order valence-corrected chi connectivity index (χ1v) is 4.43. The highest BCUT2D eigenvalue weighted by atomic mass is 16.8. The minimum atomic E-state index is -0.312. The van der Waals surface area contributed by atoms with E-state index in [1.54, 1.807) is 13.8 Å². The van der Waals surface area contributed by atoms with Crippen molar-refractivity contribution >= 4 is 5.97 Å². The number of ether oxygens (including phenoxy) is 1. The summed E-state index contributed by atoms with van der Waals surface area (Å²) in [6, 6.07) is 0. The summed E-state index contributed by atoms with van der Waals surface area (Å²) in [5.41, 5.74) is 0.451. The molecular formula is C9H19NO4. The van der Waals surface area contributed by atoms with Gasteiger partial charge < -0.3 is 4.74 Å². The Morgan fingerprint density at radius 1 is 1.43 bits per heavy atom. The molecule has 0 fully saturated rings. The highest BCUT2D eigenvalue weighted by Crippen LogP contribution is 1.89. The Hall–Kier alpha value is -0.910. The molecule has 0 saturated carbocycles. The molecule has 14 heavy (non-hydrogen) atoms. The summed E-state index contributed by atoms with van der Waals surface area (Å²) in [6.07, 6.45) is 0.757. The number of nitrogens with zero attached hydrogens (tertiary/aromatic N) is 1. The lowest BCUT2D eigenvalue weighted by Crippen LogP contribution is -2.13. The molecule has 0 heterocycles. The van der Waals surface area contributed by atoms with Gasteiger partial charge >= 0.3 is 5.97 Å². The summed E-state index contributed by atoms with van der Waals surface area (Å²) in [6.45, 7) is 9.39. The zero-order chi connectivity index (χ0) is 11.6. The van der Waals surface area contributed by atoms with E-state index >= 15 is 0 Å². The van der Waals surface area contributed by atoms with E-state index in [0.29, 0.717) is 18.7 Å². The molecule has 0 unspecified atom stereocenters. The molecule has 5 nitrogen and oxygen atoms in total. The van der Waals surface area contributed by atoms with Crippen molar-refractivity contribution in [3.05, 3.63) is 12.2 Å². The largest absolute Gasteiger partial charge is 0.463 e. The summed E-state index contributed by atoms with van der Waals surface area (Å²) in [5, 5.41) is 16.1. The van der Waals surface area contributed by atoms with Crippen molar-refractivity contribution in [1.29, 1.82) is 0 Å². The van der Waals surface area contributed by atoms with E-state index in [-0.39, 0.29) is 11.2 Å². The van der Waals surface area contributed by atoms with Crippen LogP contribution in [0.5, 0.6) is 0 Å². The Balaban J connectivity index is 0. The first kappa shape index (κ1) is 15.6. The van der Waals surface area contributed by atoms with Crippen LogP contribution in [0.1, 0.15) is 27.2 Å². The predicted molar refractivity (Wildman–Crippen MR) is 52.0 cm³/mol. The number of carbonyl (C=O) groups is 1. The maximum absolute atomic E-state index is 10.4. The quantitative estimate of drug-likeness (QED) is 0.414. The van der Waals surface area contributed by atoms with Gasteiger partial charge in [-0.05, 0) is 20.3 Å². The van der Waals surface area contributed by atoms with Gasteiger partial charge in [-0.15, -0.1) is 0 Å². The molecule has 0 bridgehead atoms. The molecule has 0 aromatic carbocycles. The molecule has 0 spiro atoms. The zero-order valence-electron chi connectivity index (χ0n) is 8.99. The third-order valence-electron chi connectivity index (χ3n) is 1.05. The lowest BCUT2D eigenvalue weighted by molar-refractivity contribution is -0.306. The zero-order valence-corrected chi connectivity index (χ0v) is 8.99. The normalized spacial score (nSPS) is 9.00. The number of esters is 1. The van der Waals surface area contributed by atoms with Gasteiger partial charge in [-0.1, -0.05) is 18.7 Å². The van der Waals surface area contributed by atoms with Gasteiger partial charge in [0.25, 0.3) is 0 Å². The minimum Gasteiger partial charge on any atom is -0.463 e. The lowest BCUT2D eigenvalue weighted by atomic mass is 10.4. The van der Waals surface area contributed by atoms with Crippen molar-refractivity contribution in [1.82, 2.24) is 5.23 Å². The third-order valence-corrected chi connectivity index (χ3v) is 1.05. The minimum absolute atomic E-state index is 0.181. The van der Waals surface area contributed by atoms with Crippen molar-refractivity contribution in [2.45, 2.75) is 27.2 Å². The van der Waals surface area contributed by atoms with Gasteiger partial charge in [0.05, 0.1) is 13.2 Å². The van der Waals surface area contributed by atoms with Crippen LogP contribution in [0.4, 0.5) is 0 Å². The Morgan fingerprint density at radius 3 is 2.00 bits per heavy atom. The average Bonchev–Trinajstić information content (AvgIpc) is 2.05. The van der Waals surface area contributed by atoms with Crippen LogP contribution in [-0.4, -0.2) is 34.8 Å². The molecular weight excluding hydrogens is 186 g/mol. The monoisotopic (exact) mass is 205 g/mol. The molecule has 0 amide bonds. The smallest absolute Gasteiger partial charge is 0.333 e. The highest BCUT2D eigenvalue weighted by molar-refractivity contribution is 5.86. The van der Waals surface area contributed by atoms with Crippen LogP contribution in [0.2, 0.25) is 0 Å². The predicted octanol–water partition coefficient (Wildman–Crippen LogP) is 1.60. The van der Waals surface area contributed by atoms with Gasteiger partial charge in [0.15, 0.2) is 0 Å². The molecule has 0 aromatic rings. The molecule has 0 rings (SSSR count). The van der Waals surface area contributed by atoms with Gasteiger partial charge in [0, 0.05) is 5.57 Å². The van der Waals surface area contributed by atoms with E-state index in [0.717, 1.165) is 6.42 Å². The standard InChI is InChI=1S/C6H10O2.C3H9NO2/c1-4-8-6(7)5(2)3;1-2-3-4(5)6/h2,4H2,1,3H3;5-6H,2-3H2,1H3. The maximum atomic E-state index is 10.4. The van der Waals surface area contributed by atoms with E-state index in [1.807, 2.05) is 6.92 Å². The molecule has 0 aliphatic carbocycles. The van der Waals surface area contributed by atoms with Crippen LogP contribution in [0.3, 0.4) is 0 Å². The van der Waals surface area contributed by atoms with E-state index in [2.05, 4.69) is 11.3 Å². The van der Waals surface area contributed by atoms with Crippen molar-refractivity contribution in [3.63, 3.8) is 0 Å². The summed E-state index contributed by atoms with van der Waals surface area (Å²) in [4.78, 5) is 10.4. The van der Waals surface area contributed by atoms with Crippen LogP contribution >= 0.6 is 0 Å². The topological polar surface area (TPSA) is 70.0 Å². The summed E-state index contributed by atoms with van der Waals surface area (Å²) in [7, 11) is 0. The molecule has 0 aliphatic heterocycles. The van der Waals surface area contributed by atoms with Crippen LogP contribution in [0.25, 0.3) is 0 Å². The van der Waals surface area contributed by atoms with Crippen molar-refractivity contribution < 1.29 is 19.9 Å². The highest BCUT2D eigenvalue weighted by Gasteiger charge is 1.98. The molecule has 0 aromatic heterocycles. The Bertz CT molecular complexity index is 168. The first-order valence-electron chi connectivity index (χ1n) is 4.43. The van der Waals surface area contributed by atoms with E-state index in [1.165, 1.54) is 0 Å². The van der Waals surface area contributed by atoms with Gasteiger partial charge in [-0.2, -0.15) is 0 Å². The fourth-order valence-corrected chi connectivity index (χ4v) is 0.454. The van der Waals surface area contributed by atoms with Crippen molar-refractivity contribution in [2.75, 3.05) is 13.2 Å². The maximum Gasteiger partial charge on any atom is 0.333 e. The van der Waals surface area contributed by atoms with Gasteiger partial charge in [-0.25, -0.2) is 4.79 Å². The summed E-state index contributed by atoms with van der Waals surface area (Å²) >= 11 is 0. The fourth-order valence-electron chi connectivity index (χ4n) is 0.454. The van der Waals surface area contributed by atoms with Gasteiger partial charge in [0.2, 0.25) is 0 Å². The average molecular weight is 205 g/mol. The second-order valence-corrected chi connectivity index (χ2v) is 2.60. The van der Waals surface area contributed by atoms with E-state index in [9.17, 15) is 4.79 Å². The second-order valence-electron chi connectivity index (χ2n) is 2.60. The molecule has 2 N–H and O–H groups in total. The Labute approximate surface area is 84.5 Å². The summed E-state index contributed by atoms with van der Waals surface area (Å²) in [5.74, 6) is -0.312. The van der Waals surface area contributed by atoms with Gasteiger partial charge in [0.1, 0.15) is 0 Å². The molecule has 0 saturated heterocycles. The van der Waals surface area contributed by atoms with Crippen LogP contribution < -0.4 is 0 Å². The SMILES string of the molecule is C=C(C)C(=O)OCC.CCCN(O)O. The van der Waals surface area contributed by atoms with Crippen molar-refractivity contribution in [2.24, 2.45) is 0 Å². The van der Waals surface area contributed by atoms with E-state index in [4.69, 9.17) is 10.4 Å². The van der Waals surface area contributed by atoms with Crippen LogP contribution in [-0.2, 0) is 9.53 Å². The third kappa shape index (κ3) is 13.7. The number of carbonyl (C=O) groups excluding carboxylic acids is 1. The molecule has 0 radical (unpaired) electrons. The Morgan fingerprint density at radius 2 is 1.93 bits per heavy atom. The summed E-state index contributed by atoms with van der Waals surface area (Å²) < 4.78 is 4.56. The van der Waals surface area contributed by atoms with Crippen molar-refractivity contribution in [3.8, 4) is 0 Å². The number of hydrogen-bond acceptors (Lipinski definition) is 5. The number of rotatable bonds is 4. The molecule has 0 atom stereocenters. The van der Waals surface area contributed by atoms with Gasteiger partial charge in [-0.3, -0.25) is 10.4 Å². The fraction of sp³-hybridized carbons (Fsp3) is 0.667. The van der Waals surface area contributed by atoms with E-state index < -0.39 is 0 Å². The lowest BCUT2D eigenvalue weighted by Gasteiger charge is -1.99. The van der Waals surface area contributed by atoms with Crippen LogP contribution in [0, 0.1) is 0 Å². The Kier molecular flexibility index (Phi) is 11.3. The number of hydrogen-bond donors (Lipinski definition) is 2. The number of hydroxylamine groups is 2.